The third-order valence-electron chi connectivity index (χ3n) is 4.33. The number of carbonyl (C=O) groups is 2. The molecule has 0 saturated carbocycles. The Kier molecular flexibility index (Phi) is 6.91. The summed E-state index contributed by atoms with van der Waals surface area (Å²) < 4.78 is 38.4. The molecule has 3 N–H and O–H groups in total. The predicted octanol–water partition coefficient (Wildman–Crippen LogP) is 1.51. The fraction of sp³-hybridized carbons (Fsp3) is 0.300. The van der Waals surface area contributed by atoms with Gasteiger partial charge >= 0.3 is 0 Å². The van der Waals surface area contributed by atoms with Crippen LogP contribution in [0.25, 0.3) is 0 Å². The molecular formula is C20H23N3O6S. The van der Waals surface area contributed by atoms with Crippen LogP contribution in [0.5, 0.6) is 11.5 Å². The van der Waals surface area contributed by atoms with Crippen LogP contribution in [0, 0.1) is 0 Å². The van der Waals surface area contributed by atoms with E-state index in [1.807, 2.05) is 0 Å². The van der Waals surface area contributed by atoms with E-state index in [0.29, 0.717) is 36.0 Å². The lowest BCUT2D eigenvalue weighted by atomic mass is 10.2. The molecule has 10 heteroatoms. The lowest BCUT2D eigenvalue weighted by molar-refractivity contribution is -0.116. The van der Waals surface area contributed by atoms with Crippen LogP contribution >= 0.6 is 0 Å². The summed E-state index contributed by atoms with van der Waals surface area (Å²) in [4.78, 5) is 23.6. The third kappa shape index (κ3) is 5.49. The zero-order valence-corrected chi connectivity index (χ0v) is 17.3. The van der Waals surface area contributed by atoms with Gasteiger partial charge < -0.3 is 20.1 Å². The van der Waals surface area contributed by atoms with Crippen molar-refractivity contribution < 1.29 is 27.5 Å². The molecule has 1 aliphatic rings. The van der Waals surface area contributed by atoms with Crippen LogP contribution in [0.15, 0.2) is 47.4 Å². The van der Waals surface area contributed by atoms with Crippen molar-refractivity contribution in [2.24, 2.45) is 0 Å². The molecule has 0 saturated heterocycles. The van der Waals surface area contributed by atoms with Gasteiger partial charge in [0.1, 0.15) is 0 Å². The fourth-order valence-corrected chi connectivity index (χ4v) is 3.81. The van der Waals surface area contributed by atoms with Gasteiger partial charge in [-0.1, -0.05) is 0 Å². The second-order valence-electron chi connectivity index (χ2n) is 6.51. The number of sulfonamides is 1. The summed E-state index contributed by atoms with van der Waals surface area (Å²) in [5.74, 6) is 0.308. The number of amides is 2. The Morgan fingerprint density at radius 2 is 1.70 bits per heavy atom. The molecule has 160 valence electrons. The number of hydrogen-bond donors (Lipinski definition) is 3. The number of benzene rings is 2. The highest BCUT2D eigenvalue weighted by atomic mass is 32.2. The van der Waals surface area contributed by atoms with E-state index >= 15 is 0 Å². The van der Waals surface area contributed by atoms with Crippen molar-refractivity contribution in [2.45, 2.75) is 17.7 Å². The Bertz CT molecular complexity index is 1020. The van der Waals surface area contributed by atoms with Crippen LogP contribution in [-0.4, -0.2) is 47.0 Å². The van der Waals surface area contributed by atoms with Crippen LogP contribution < -0.4 is 24.8 Å². The highest BCUT2D eigenvalue weighted by molar-refractivity contribution is 7.89. The molecule has 0 unspecified atom stereocenters. The van der Waals surface area contributed by atoms with Crippen molar-refractivity contribution in [3.05, 3.63) is 48.0 Å². The van der Waals surface area contributed by atoms with Gasteiger partial charge in [-0.2, -0.15) is 0 Å². The van der Waals surface area contributed by atoms with Crippen molar-refractivity contribution in [3.63, 3.8) is 0 Å². The first-order valence-electron chi connectivity index (χ1n) is 9.40. The lowest BCUT2D eigenvalue weighted by Gasteiger charge is -2.11. The molecule has 3 rings (SSSR count). The minimum absolute atomic E-state index is 0.0388. The molecule has 2 aromatic rings. The average Bonchev–Trinajstić information content (AvgIpc) is 2.98. The van der Waals surface area contributed by atoms with Crippen LogP contribution in [0.1, 0.15) is 23.2 Å². The van der Waals surface area contributed by atoms with Gasteiger partial charge in [0, 0.05) is 43.8 Å². The van der Waals surface area contributed by atoms with Crippen LogP contribution in [0.4, 0.5) is 5.69 Å². The maximum absolute atomic E-state index is 12.5. The van der Waals surface area contributed by atoms with Crippen LogP contribution in [0.3, 0.4) is 0 Å². The largest absolute Gasteiger partial charge is 0.490 e. The number of nitrogens with one attached hydrogen (secondary N) is 3. The number of hydrogen-bond acceptors (Lipinski definition) is 6. The van der Waals surface area contributed by atoms with Crippen molar-refractivity contribution >= 4 is 27.5 Å². The summed E-state index contributed by atoms with van der Waals surface area (Å²) >= 11 is 0. The van der Waals surface area contributed by atoms with E-state index in [1.54, 1.807) is 30.3 Å². The highest BCUT2D eigenvalue weighted by Gasteiger charge is 2.19. The van der Waals surface area contributed by atoms with E-state index in [4.69, 9.17) is 9.47 Å². The maximum Gasteiger partial charge on any atom is 0.251 e. The molecule has 0 spiro atoms. The molecule has 30 heavy (non-hydrogen) atoms. The molecule has 0 atom stereocenters. The smallest absolute Gasteiger partial charge is 0.251 e. The minimum atomic E-state index is -3.80. The molecule has 2 amide bonds. The van der Waals surface area contributed by atoms with Gasteiger partial charge in [-0.3, -0.25) is 9.59 Å². The van der Waals surface area contributed by atoms with Crippen molar-refractivity contribution in [1.29, 1.82) is 0 Å². The molecule has 0 fully saturated rings. The number of ether oxygens (including phenoxy) is 2. The zero-order chi connectivity index (χ0) is 21.6. The SMILES string of the molecule is CNC(=O)c1ccc(NC(=O)CCNS(=O)(=O)c2ccc3c(c2)OCCCO3)cc1. The number of anilines is 1. The first-order valence-corrected chi connectivity index (χ1v) is 10.9. The molecule has 0 bridgehead atoms. The van der Waals surface area contributed by atoms with Crippen LogP contribution in [0.2, 0.25) is 0 Å². The van der Waals surface area contributed by atoms with Gasteiger partial charge in [0.15, 0.2) is 11.5 Å². The summed E-state index contributed by atoms with van der Waals surface area (Å²) in [5, 5.41) is 5.17. The molecule has 9 nitrogen and oxygen atoms in total. The summed E-state index contributed by atoms with van der Waals surface area (Å²) in [6, 6.07) is 10.8. The molecule has 0 aliphatic carbocycles. The van der Waals surface area contributed by atoms with Gasteiger partial charge in [0.05, 0.1) is 18.1 Å². The Hall–Kier alpha value is -3.11. The van der Waals surface area contributed by atoms with Crippen LogP contribution in [-0.2, 0) is 14.8 Å². The van der Waals surface area contributed by atoms with Crippen molar-refractivity contribution in [3.8, 4) is 11.5 Å². The second kappa shape index (κ2) is 9.59. The normalized spacial score (nSPS) is 13.2. The van der Waals surface area contributed by atoms with Gasteiger partial charge in [0.25, 0.3) is 5.91 Å². The van der Waals surface area contributed by atoms with Gasteiger partial charge in [-0.15, -0.1) is 0 Å². The summed E-state index contributed by atoms with van der Waals surface area (Å²) in [5.41, 5.74) is 0.983. The Labute approximate surface area is 174 Å². The first-order chi connectivity index (χ1) is 14.4. The van der Waals surface area contributed by atoms with Gasteiger partial charge in [-0.05, 0) is 36.4 Å². The standard InChI is InChI=1S/C20H23N3O6S/c1-21-20(25)14-3-5-15(6-4-14)23-19(24)9-10-22-30(26,27)16-7-8-17-18(13-16)29-12-2-11-28-17/h3-8,13,22H,2,9-12H2,1H3,(H,21,25)(H,23,24). The van der Waals surface area contributed by atoms with Crippen molar-refractivity contribution in [2.75, 3.05) is 32.1 Å². The summed E-state index contributed by atoms with van der Waals surface area (Å²) in [7, 11) is -2.27. The topological polar surface area (TPSA) is 123 Å². The average molecular weight is 433 g/mol. The minimum Gasteiger partial charge on any atom is -0.490 e. The molecule has 1 heterocycles. The third-order valence-corrected chi connectivity index (χ3v) is 5.79. The van der Waals surface area contributed by atoms with E-state index in [2.05, 4.69) is 15.4 Å². The Morgan fingerprint density at radius 1 is 1.00 bits per heavy atom. The second-order valence-corrected chi connectivity index (χ2v) is 8.28. The predicted molar refractivity (Wildman–Crippen MR) is 110 cm³/mol. The summed E-state index contributed by atoms with van der Waals surface area (Å²) in [6.45, 7) is 0.897. The highest BCUT2D eigenvalue weighted by Crippen LogP contribution is 2.31. The molecule has 0 aromatic heterocycles. The Morgan fingerprint density at radius 3 is 2.40 bits per heavy atom. The van der Waals surface area contributed by atoms with E-state index in [1.165, 1.54) is 19.2 Å². The van der Waals surface area contributed by atoms with Gasteiger partial charge in [-0.25, -0.2) is 13.1 Å². The maximum atomic E-state index is 12.5. The zero-order valence-electron chi connectivity index (χ0n) is 16.4. The van der Waals surface area contributed by atoms with Crippen molar-refractivity contribution in [1.82, 2.24) is 10.0 Å². The van der Waals surface area contributed by atoms with E-state index in [9.17, 15) is 18.0 Å². The monoisotopic (exact) mass is 433 g/mol. The molecular weight excluding hydrogens is 410 g/mol. The number of rotatable bonds is 7. The lowest BCUT2D eigenvalue weighted by Crippen LogP contribution is -2.28. The molecule has 2 aromatic carbocycles. The number of fused-ring (bicyclic) bond motifs is 1. The van der Waals surface area contributed by atoms with Gasteiger partial charge in [0.2, 0.25) is 15.9 Å². The number of carbonyl (C=O) groups excluding carboxylic acids is 2. The van der Waals surface area contributed by atoms with E-state index in [0.717, 1.165) is 6.42 Å². The molecule has 0 radical (unpaired) electrons. The Balaban J connectivity index is 1.53. The fourth-order valence-electron chi connectivity index (χ4n) is 2.77. The summed E-state index contributed by atoms with van der Waals surface area (Å²) in [6.07, 6.45) is 0.666. The van der Waals surface area contributed by atoms with E-state index in [-0.39, 0.29) is 29.7 Å². The molecule has 1 aliphatic heterocycles. The quantitative estimate of drug-likeness (QED) is 0.608. The van der Waals surface area contributed by atoms with E-state index < -0.39 is 10.0 Å². The first kappa shape index (κ1) is 21.6.